The Hall–Kier alpha value is -1.57. The molecule has 4 fully saturated rings. The topological polar surface area (TPSA) is 63.2 Å². The number of hydrogen-bond donors (Lipinski definition) is 0. The predicted molar refractivity (Wildman–Crippen MR) is 97.1 cm³/mol. The highest BCUT2D eigenvalue weighted by Crippen LogP contribution is 2.67. The summed E-state index contributed by atoms with van der Waals surface area (Å²) >= 11 is 0. The van der Waals surface area contributed by atoms with Gasteiger partial charge in [-0.05, 0) is 12.5 Å². The Balaban J connectivity index is 1.75. The number of carbonyl (C=O) groups is 1. The zero-order chi connectivity index (χ0) is 19.3. The fourth-order valence-corrected chi connectivity index (χ4v) is 5.32. The Morgan fingerprint density at radius 3 is 2.59 bits per heavy atom. The van der Waals surface area contributed by atoms with E-state index in [-0.39, 0.29) is 6.10 Å². The number of aldehydes is 1. The zero-order valence-corrected chi connectivity index (χ0v) is 16.0. The van der Waals surface area contributed by atoms with Crippen LogP contribution in [0.3, 0.4) is 0 Å². The van der Waals surface area contributed by atoms with Crippen molar-refractivity contribution in [1.82, 2.24) is 0 Å². The van der Waals surface area contributed by atoms with E-state index in [2.05, 4.69) is 6.58 Å². The normalized spacial score (nSPS) is 44.6. The highest BCUT2D eigenvalue weighted by atomic mass is 16.8. The van der Waals surface area contributed by atoms with Crippen molar-refractivity contribution in [2.75, 3.05) is 14.2 Å². The molecular weight excluding hydrogens is 348 g/mol. The molecule has 0 amide bonds. The quantitative estimate of drug-likeness (QED) is 0.514. The Labute approximate surface area is 159 Å². The summed E-state index contributed by atoms with van der Waals surface area (Å²) < 4.78 is 30.8. The first-order valence-corrected chi connectivity index (χ1v) is 9.18. The van der Waals surface area contributed by atoms with Crippen LogP contribution in [-0.4, -0.2) is 55.3 Å². The number of methoxy groups -OCH3 is 2. The van der Waals surface area contributed by atoms with Crippen LogP contribution in [0.4, 0.5) is 0 Å². The molecule has 146 valence electrons. The molecule has 0 aromatic heterocycles. The summed E-state index contributed by atoms with van der Waals surface area (Å²) in [5.41, 5.74) is -2.32. The summed E-state index contributed by atoms with van der Waals surface area (Å²) in [4.78, 5) is 12.5. The predicted octanol–water partition coefficient (Wildman–Crippen LogP) is 2.40. The van der Waals surface area contributed by atoms with Crippen molar-refractivity contribution in [3.05, 3.63) is 48.6 Å². The van der Waals surface area contributed by atoms with Crippen molar-refractivity contribution in [1.29, 1.82) is 0 Å². The minimum Gasteiger partial charge on any atom is -0.372 e. The maximum atomic E-state index is 12.5. The van der Waals surface area contributed by atoms with Crippen molar-refractivity contribution in [2.45, 2.75) is 61.2 Å². The van der Waals surface area contributed by atoms with Crippen LogP contribution < -0.4 is 0 Å². The van der Waals surface area contributed by atoms with E-state index in [4.69, 9.17) is 23.7 Å². The van der Waals surface area contributed by atoms with Gasteiger partial charge in [-0.25, -0.2) is 0 Å². The van der Waals surface area contributed by atoms with E-state index in [9.17, 15) is 4.79 Å². The smallest absolute Gasteiger partial charge is 0.201 e. The lowest BCUT2D eigenvalue weighted by molar-refractivity contribution is -0.343. The third kappa shape index (κ3) is 2.10. The van der Waals surface area contributed by atoms with E-state index >= 15 is 0 Å². The van der Waals surface area contributed by atoms with Crippen LogP contribution in [0.25, 0.3) is 0 Å². The first kappa shape index (κ1) is 18.8. The fourth-order valence-electron chi connectivity index (χ4n) is 5.32. The second-order valence-corrected chi connectivity index (χ2v) is 7.65. The molecule has 6 heteroatoms. The Morgan fingerprint density at radius 1 is 1.26 bits per heavy atom. The first-order chi connectivity index (χ1) is 13.0. The van der Waals surface area contributed by atoms with Crippen molar-refractivity contribution in [3.63, 3.8) is 0 Å². The van der Waals surface area contributed by atoms with Crippen molar-refractivity contribution in [3.8, 4) is 0 Å². The molecule has 1 aromatic carbocycles. The lowest BCUT2D eigenvalue weighted by Crippen LogP contribution is -2.66. The molecule has 1 aromatic rings. The molecule has 0 saturated carbocycles. The SMILES string of the molecule is C=CC[C@@]1(OC)[C@@H]2C[C@]3(OC)O[C@@]1(C=O)[C@](C)(O2)[C@H]3OCc1ccccc1. The van der Waals surface area contributed by atoms with Gasteiger partial charge in [0.1, 0.15) is 17.3 Å². The number of ether oxygens (including phenoxy) is 5. The molecule has 4 saturated heterocycles. The summed E-state index contributed by atoms with van der Waals surface area (Å²) in [6.45, 7) is 6.05. The van der Waals surface area contributed by atoms with Gasteiger partial charge in [0, 0.05) is 27.1 Å². The van der Waals surface area contributed by atoms with Gasteiger partial charge >= 0.3 is 0 Å². The molecule has 4 bridgehead atoms. The number of carbonyl (C=O) groups excluding carboxylic acids is 1. The van der Waals surface area contributed by atoms with E-state index in [1.165, 1.54) is 0 Å². The highest BCUT2D eigenvalue weighted by molar-refractivity contribution is 5.72. The van der Waals surface area contributed by atoms with E-state index in [0.717, 1.165) is 11.8 Å². The summed E-state index contributed by atoms with van der Waals surface area (Å²) in [5, 5.41) is 0. The maximum absolute atomic E-state index is 12.5. The van der Waals surface area contributed by atoms with Gasteiger partial charge in [0.05, 0.1) is 12.7 Å². The molecule has 0 aliphatic carbocycles. The summed E-state index contributed by atoms with van der Waals surface area (Å²) in [6.07, 6.45) is 2.43. The Bertz CT molecular complexity index is 737. The van der Waals surface area contributed by atoms with Gasteiger partial charge in [0.25, 0.3) is 0 Å². The van der Waals surface area contributed by atoms with Crippen LogP contribution in [0.5, 0.6) is 0 Å². The van der Waals surface area contributed by atoms with Gasteiger partial charge in [0.15, 0.2) is 11.9 Å². The number of hydrogen-bond acceptors (Lipinski definition) is 6. The zero-order valence-electron chi connectivity index (χ0n) is 16.0. The molecule has 27 heavy (non-hydrogen) atoms. The lowest BCUT2D eigenvalue weighted by Gasteiger charge is -2.49. The Kier molecular flexibility index (Phi) is 4.33. The van der Waals surface area contributed by atoms with Crippen LogP contribution in [0.1, 0.15) is 25.3 Å². The summed E-state index contributed by atoms with van der Waals surface area (Å²) in [7, 11) is 3.16. The lowest BCUT2D eigenvalue weighted by atomic mass is 9.71. The minimum absolute atomic E-state index is 0.360. The molecule has 4 aliphatic heterocycles. The van der Waals surface area contributed by atoms with Crippen LogP contribution in [-0.2, 0) is 35.1 Å². The second-order valence-electron chi connectivity index (χ2n) is 7.65. The molecule has 6 atom stereocenters. The monoisotopic (exact) mass is 374 g/mol. The molecule has 0 unspecified atom stereocenters. The molecule has 6 nitrogen and oxygen atoms in total. The van der Waals surface area contributed by atoms with Crippen LogP contribution in [0.15, 0.2) is 43.0 Å². The van der Waals surface area contributed by atoms with Gasteiger partial charge in [-0.3, -0.25) is 4.79 Å². The van der Waals surface area contributed by atoms with Gasteiger partial charge in [-0.2, -0.15) is 0 Å². The summed E-state index contributed by atoms with van der Waals surface area (Å²) in [5.74, 6) is -1.06. The van der Waals surface area contributed by atoms with Gasteiger partial charge in [-0.15, -0.1) is 6.58 Å². The van der Waals surface area contributed by atoms with Crippen molar-refractivity contribution in [2.24, 2.45) is 0 Å². The molecule has 4 aliphatic rings. The number of benzene rings is 1. The standard InChI is InChI=1S/C21H26O6/c1-5-11-19(23-3)16-12-20(24-4)17(25-13-15-9-7-6-8-10-15)18(2,26-16)21(19,14-22)27-20/h5-10,14,16-17H,1,11-13H2,2-4H3/t16-,17+,18+,19+,20-,21-/m0/s1. The Morgan fingerprint density at radius 2 is 2.00 bits per heavy atom. The number of rotatable bonds is 8. The van der Waals surface area contributed by atoms with E-state index < -0.39 is 28.7 Å². The molecule has 5 rings (SSSR count). The highest BCUT2D eigenvalue weighted by Gasteiger charge is 2.88. The van der Waals surface area contributed by atoms with Crippen LogP contribution >= 0.6 is 0 Å². The van der Waals surface area contributed by atoms with Crippen molar-refractivity contribution >= 4 is 6.29 Å². The van der Waals surface area contributed by atoms with Gasteiger partial charge < -0.3 is 23.7 Å². The van der Waals surface area contributed by atoms with E-state index in [1.54, 1.807) is 20.3 Å². The van der Waals surface area contributed by atoms with Crippen molar-refractivity contribution < 1.29 is 28.5 Å². The van der Waals surface area contributed by atoms with Crippen LogP contribution in [0.2, 0.25) is 0 Å². The minimum atomic E-state index is -1.34. The third-order valence-electron chi connectivity index (χ3n) is 6.56. The molecule has 0 spiro atoms. The second kappa shape index (κ2) is 6.22. The fraction of sp³-hybridized carbons (Fsp3) is 0.571. The molecule has 0 radical (unpaired) electrons. The van der Waals surface area contributed by atoms with E-state index in [0.29, 0.717) is 19.4 Å². The maximum Gasteiger partial charge on any atom is 0.201 e. The molecular formula is C21H26O6. The van der Waals surface area contributed by atoms with Gasteiger partial charge in [0.2, 0.25) is 5.79 Å². The third-order valence-corrected chi connectivity index (χ3v) is 6.56. The average Bonchev–Trinajstić information content (AvgIpc) is 2.93. The largest absolute Gasteiger partial charge is 0.372 e. The molecule has 0 N–H and O–H groups in total. The summed E-state index contributed by atoms with van der Waals surface area (Å²) in [6, 6.07) is 9.84. The van der Waals surface area contributed by atoms with E-state index in [1.807, 2.05) is 37.3 Å². The van der Waals surface area contributed by atoms with Gasteiger partial charge in [-0.1, -0.05) is 36.4 Å². The first-order valence-electron chi connectivity index (χ1n) is 9.18. The molecule has 4 heterocycles. The average molecular weight is 374 g/mol. The van der Waals surface area contributed by atoms with Crippen LogP contribution in [0, 0.1) is 0 Å².